The maximum atomic E-state index is 14.1. The molecule has 0 atom stereocenters. The van der Waals surface area contributed by atoms with Crippen LogP contribution in [0, 0.1) is 5.82 Å². The zero-order valence-corrected chi connectivity index (χ0v) is 14.4. The van der Waals surface area contributed by atoms with Gasteiger partial charge in [0.05, 0.1) is 11.4 Å². The molecule has 3 nitrogen and oxygen atoms in total. The van der Waals surface area contributed by atoms with Gasteiger partial charge < -0.3 is 5.32 Å². The molecule has 0 spiro atoms. The number of benzene rings is 2. The van der Waals surface area contributed by atoms with Gasteiger partial charge in [0.25, 0.3) is 0 Å². The third-order valence-corrected chi connectivity index (χ3v) is 3.71. The van der Waals surface area contributed by atoms with E-state index in [0.717, 1.165) is 23.4 Å². The SMILES string of the molecule is CCCN(/N=C(\C)c1cc(Cl)ccc1NC)c1ccccc1F. The summed E-state index contributed by atoms with van der Waals surface area (Å²) in [6.07, 6.45) is 0.861. The lowest BCUT2D eigenvalue weighted by Crippen LogP contribution is -2.21. The molecular weight excluding hydrogens is 313 g/mol. The van der Waals surface area contributed by atoms with Gasteiger partial charge >= 0.3 is 0 Å². The van der Waals surface area contributed by atoms with Gasteiger partial charge in [-0.25, -0.2) is 4.39 Å². The summed E-state index contributed by atoms with van der Waals surface area (Å²) in [6, 6.07) is 12.3. The van der Waals surface area contributed by atoms with Crippen LogP contribution in [0.5, 0.6) is 0 Å². The number of rotatable bonds is 6. The normalized spacial score (nSPS) is 11.4. The van der Waals surface area contributed by atoms with Gasteiger partial charge in [-0.05, 0) is 43.7 Å². The monoisotopic (exact) mass is 333 g/mol. The second-order valence-electron chi connectivity index (χ2n) is 5.20. The summed E-state index contributed by atoms with van der Waals surface area (Å²) < 4.78 is 14.1. The van der Waals surface area contributed by atoms with Crippen molar-refractivity contribution < 1.29 is 4.39 Å². The van der Waals surface area contributed by atoms with Crippen molar-refractivity contribution in [3.8, 4) is 0 Å². The fraction of sp³-hybridized carbons (Fsp3) is 0.278. The van der Waals surface area contributed by atoms with E-state index in [4.69, 9.17) is 11.6 Å². The third-order valence-electron chi connectivity index (χ3n) is 3.48. The molecule has 0 heterocycles. The Kier molecular flexibility index (Phi) is 5.99. The zero-order chi connectivity index (χ0) is 16.8. The van der Waals surface area contributed by atoms with Crippen molar-refractivity contribution in [2.45, 2.75) is 20.3 Å². The highest BCUT2D eigenvalue weighted by atomic mass is 35.5. The van der Waals surface area contributed by atoms with Crippen molar-refractivity contribution in [2.24, 2.45) is 5.10 Å². The lowest BCUT2D eigenvalue weighted by atomic mass is 10.1. The molecule has 0 aliphatic carbocycles. The molecule has 5 heteroatoms. The van der Waals surface area contributed by atoms with Crippen molar-refractivity contribution >= 4 is 28.7 Å². The van der Waals surface area contributed by atoms with Crippen LogP contribution in [0.3, 0.4) is 0 Å². The van der Waals surface area contributed by atoms with Crippen LogP contribution in [-0.2, 0) is 0 Å². The van der Waals surface area contributed by atoms with Gasteiger partial charge in [0, 0.05) is 29.9 Å². The van der Waals surface area contributed by atoms with Crippen LogP contribution in [0.2, 0.25) is 5.02 Å². The molecule has 0 saturated heterocycles. The van der Waals surface area contributed by atoms with Crippen molar-refractivity contribution in [3.63, 3.8) is 0 Å². The Hall–Kier alpha value is -2.07. The Labute approximate surface area is 141 Å². The molecular formula is C18H21ClFN3. The third kappa shape index (κ3) is 4.23. The van der Waals surface area contributed by atoms with E-state index >= 15 is 0 Å². The van der Waals surface area contributed by atoms with Crippen molar-refractivity contribution in [2.75, 3.05) is 23.9 Å². The summed E-state index contributed by atoms with van der Waals surface area (Å²) in [4.78, 5) is 0. The van der Waals surface area contributed by atoms with Gasteiger partial charge in [-0.1, -0.05) is 30.7 Å². The Balaban J connectivity index is 2.43. The van der Waals surface area contributed by atoms with Crippen LogP contribution in [0.1, 0.15) is 25.8 Å². The van der Waals surface area contributed by atoms with Gasteiger partial charge in [0.1, 0.15) is 5.82 Å². The van der Waals surface area contributed by atoms with Crippen molar-refractivity contribution in [1.82, 2.24) is 0 Å². The van der Waals surface area contributed by atoms with Crippen LogP contribution >= 0.6 is 11.6 Å². The zero-order valence-electron chi connectivity index (χ0n) is 13.6. The van der Waals surface area contributed by atoms with Crippen molar-refractivity contribution in [1.29, 1.82) is 0 Å². The first-order chi connectivity index (χ1) is 11.1. The number of hydrazone groups is 1. The Morgan fingerprint density at radius 1 is 1.26 bits per heavy atom. The molecule has 0 saturated carbocycles. The Morgan fingerprint density at radius 3 is 2.65 bits per heavy atom. The minimum absolute atomic E-state index is 0.280. The number of para-hydroxylation sites is 1. The number of nitrogens with zero attached hydrogens (tertiary/aromatic N) is 2. The van der Waals surface area contributed by atoms with E-state index in [2.05, 4.69) is 10.4 Å². The first-order valence-electron chi connectivity index (χ1n) is 7.61. The standard InChI is InChI=1S/C18H21ClFN3/c1-4-11-23(18-8-6-5-7-16(18)20)22-13(2)15-12-14(19)9-10-17(15)21-3/h5-10,12,21H,4,11H2,1-3H3/b22-13+. The van der Waals surface area contributed by atoms with Gasteiger partial charge in [0.2, 0.25) is 0 Å². The maximum Gasteiger partial charge on any atom is 0.148 e. The molecule has 0 bridgehead atoms. The first-order valence-corrected chi connectivity index (χ1v) is 7.99. The Morgan fingerprint density at radius 2 is 2.00 bits per heavy atom. The summed E-state index contributed by atoms with van der Waals surface area (Å²) >= 11 is 6.10. The number of anilines is 2. The molecule has 0 aliphatic rings. The predicted octanol–water partition coefficient (Wildman–Crippen LogP) is 5.16. The van der Waals surface area contributed by atoms with Gasteiger partial charge in [-0.2, -0.15) is 5.10 Å². The summed E-state index contributed by atoms with van der Waals surface area (Å²) in [5.74, 6) is -0.280. The van der Waals surface area contributed by atoms with E-state index in [1.54, 1.807) is 17.1 Å². The average Bonchev–Trinajstić information content (AvgIpc) is 2.55. The molecule has 0 radical (unpaired) electrons. The summed E-state index contributed by atoms with van der Waals surface area (Å²) in [5, 5.41) is 10.1. The molecule has 2 rings (SSSR count). The molecule has 0 aromatic heterocycles. The van der Waals surface area contributed by atoms with Crippen LogP contribution in [0.25, 0.3) is 0 Å². The lowest BCUT2D eigenvalue weighted by Gasteiger charge is -2.21. The van der Waals surface area contributed by atoms with Crippen LogP contribution in [0.15, 0.2) is 47.6 Å². The smallest absolute Gasteiger partial charge is 0.148 e. The molecule has 122 valence electrons. The molecule has 1 N–H and O–H groups in total. The highest BCUT2D eigenvalue weighted by Crippen LogP contribution is 2.24. The molecule has 23 heavy (non-hydrogen) atoms. The molecule has 0 aliphatic heterocycles. The molecule has 2 aromatic carbocycles. The minimum atomic E-state index is -0.280. The fourth-order valence-corrected chi connectivity index (χ4v) is 2.54. The molecule has 0 amide bonds. The second-order valence-corrected chi connectivity index (χ2v) is 5.64. The van der Waals surface area contributed by atoms with Gasteiger partial charge in [-0.15, -0.1) is 0 Å². The van der Waals surface area contributed by atoms with E-state index in [1.807, 2.05) is 45.2 Å². The van der Waals surface area contributed by atoms with Gasteiger partial charge in [-0.3, -0.25) is 5.01 Å². The van der Waals surface area contributed by atoms with Gasteiger partial charge in [0.15, 0.2) is 0 Å². The lowest BCUT2D eigenvalue weighted by molar-refractivity contribution is 0.618. The van der Waals surface area contributed by atoms with Crippen LogP contribution in [-0.4, -0.2) is 19.3 Å². The fourth-order valence-electron chi connectivity index (χ4n) is 2.37. The topological polar surface area (TPSA) is 27.6 Å². The largest absolute Gasteiger partial charge is 0.388 e. The Bertz CT molecular complexity index is 700. The van der Waals surface area contributed by atoms with E-state index < -0.39 is 0 Å². The average molecular weight is 334 g/mol. The highest BCUT2D eigenvalue weighted by Gasteiger charge is 2.12. The minimum Gasteiger partial charge on any atom is -0.388 e. The number of halogens is 2. The number of nitrogens with one attached hydrogen (secondary N) is 1. The number of hydrogen-bond acceptors (Lipinski definition) is 3. The van der Waals surface area contributed by atoms with E-state index in [1.165, 1.54) is 6.07 Å². The van der Waals surface area contributed by atoms with E-state index in [-0.39, 0.29) is 5.82 Å². The summed E-state index contributed by atoms with van der Waals surface area (Å²) in [5.41, 5.74) is 3.08. The quantitative estimate of drug-likeness (QED) is 0.584. The maximum absolute atomic E-state index is 14.1. The van der Waals surface area contributed by atoms with E-state index in [9.17, 15) is 4.39 Å². The van der Waals surface area contributed by atoms with Crippen LogP contribution in [0.4, 0.5) is 15.8 Å². The van der Waals surface area contributed by atoms with Crippen LogP contribution < -0.4 is 10.3 Å². The summed E-state index contributed by atoms with van der Waals surface area (Å²) in [6.45, 7) is 4.57. The van der Waals surface area contributed by atoms with E-state index in [0.29, 0.717) is 17.3 Å². The summed E-state index contributed by atoms with van der Waals surface area (Å²) in [7, 11) is 1.85. The molecule has 0 fully saturated rings. The second kappa shape index (κ2) is 7.97. The molecule has 2 aromatic rings. The number of hydrogen-bond donors (Lipinski definition) is 1. The highest BCUT2D eigenvalue weighted by molar-refractivity contribution is 6.31. The predicted molar refractivity (Wildman–Crippen MR) is 97.2 cm³/mol. The molecule has 0 unspecified atom stereocenters. The van der Waals surface area contributed by atoms with Crippen molar-refractivity contribution in [3.05, 3.63) is 58.9 Å². The first kappa shape index (κ1) is 17.3.